The van der Waals surface area contributed by atoms with E-state index in [0.29, 0.717) is 73.9 Å². The number of rotatable bonds is 10. The smallest absolute Gasteiger partial charge is 0.255 e. The number of carbonyl (C=O) groups is 1. The number of nitrogens with zero attached hydrogens (tertiary/aromatic N) is 5. The van der Waals surface area contributed by atoms with Crippen LogP contribution < -0.4 is 19.9 Å². The van der Waals surface area contributed by atoms with Gasteiger partial charge in [-0.25, -0.2) is 22.8 Å². The van der Waals surface area contributed by atoms with Crippen molar-refractivity contribution in [3.05, 3.63) is 131 Å². The molecule has 0 radical (unpaired) electrons. The molecule has 2 fully saturated rings. The lowest BCUT2D eigenvalue weighted by Gasteiger charge is -2.39. The van der Waals surface area contributed by atoms with Gasteiger partial charge in [0.25, 0.3) is 5.91 Å². The molecule has 51 heavy (non-hydrogen) atoms. The Morgan fingerprint density at radius 3 is 2.41 bits per heavy atom. The van der Waals surface area contributed by atoms with Gasteiger partial charge in [0.15, 0.2) is 0 Å². The van der Waals surface area contributed by atoms with Gasteiger partial charge in [0.2, 0.25) is 0 Å². The number of piperazine rings is 1. The lowest BCUT2D eigenvalue weighted by atomic mass is 9.98. The van der Waals surface area contributed by atoms with Crippen LogP contribution in [0.4, 0.5) is 30.2 Å². The van der Waals surface area contributed by atoms with Gasteiger partial charge in [-0.05, 0) is 79.9 Å². The quantitative estimate of drug-likeness (QED) is 0.167. The van der Waals surface area contributed by atoms with Crippen molar-refractivity contribution in [2.75, 3.05) is 54.5 Å². The topological polar surface area (TPSA) is 84.8 Å². The zero-order valence-electron chi connectivity index (χ0n) is 28.5. The van der Waals surface area contributed by atoms with Crippen molar-refractivity contribution in [1.82, 2.24) is 14.8 Å². The van der Waals surface area contributed by atoms with E-state index >= 15 is 0 Å². The molecule has 2 aliphatic rings. The van der Waals surface area contributed by atoms with E-state index in [1.54, 1.807) is 30.3 Å². The van der Waals surface area contributed by atoms with Crippen LogP contribution >= 0.6 is 0 Å². The van der Waals surface area contributed by atoms with Crippen LogP contribution in [0.5, 0.6) is 5.75 Å². The van der Waals surface area contributed by atoms with Crippen molar-refractivity contribution >= 4 is 23.0 Å². The van der Waals surface area contributed by atoms with Crippen LogP contribution in [0.1, 0.15) is 45.1 Å². The standard InChI is InChI=1S/C39H39F3N6O3/c1-25-15-37(50-21-27-16-38(51-22-27)31-17-29(32(41)19-33(31)42)20-48-24-43-23-44-48)26(2)14-35(25)46-10-12-47(13-11-46)36-18-30(40)8-9-34(36)45-39(49)28-6-4-3-5-7-28/h3-9,14-15,17-19,23-24,27,38H,10-13,16,20-22H2,1-2H3,(H,45,49)/t27-,38+/m0/s1. The molecular formula is C39H39F3N6O3. The third-order valence-electron chi connectivity index (χ3n) is 9.57. The van der Waals surface area contributed by atoms with E-state index in [1.165, 1.54) is 35.5 Å². The third-order valence-corrected chi connectivity index (χ3v) is 9.57. The highest BCUT2D eigenvalue weighted by molar-refractivity contribution is 6.06. The van der Waals surface area contributed by atoms with Crippen LogP contribution in [0.2, 0.25) is 0 Å². The van der Waals surface area contributed by atoms with Crippen molar-refractivity contribution in [3.8, 4) is 5.75 Å². The van der Waals surface area contributed by atoms with Gasteiger partial charge in [-0.2, -0.15) is 5.10 Å². The van der Waals surface area contributed by atoms with Gasteiger partial charge in [0, 0.05) is 60.5 Å². The maximum atomic E-state index is 14.9. The van der Waals surface area contributed by atoms with Gasteiger partial charge in [-0.15, -0.1) is 0 Å². The molecular weight excluding hydrogens is 657 g/mol. The van der Waals surface area contributed by atoms with Gasteiger partial charge >= 0.3 is 0 Å². The van der Waals surface area contributed by atoms with E-state index in [0.717, 1.165) is 28.6 Å². The van der Waals surface area contributed by atoms with Crippen LogP contribution in [-0.2, 0) is 11.3 Å². The Kier molecular flexibility index (Phi) is 9.94. The predicted molar refractivity (Wildman–Crippen MR) is 189 cm³/mol. The molecule has 2 atom stereocenters. The zero-order chi connectivity index (χ0) is 35.5. The monoisotopic (exact) mass is 696 g/mol. The van der Waals surface area contributed by atoms with E-state index in [-0.39, 0.29) is 24.2 Å². The van der Waals surface area contributed by atoms with Crippen LogP contribution in [0, 0.1) is 37.2 Å². The molecule has 0 saturated carbocycles. The highest BCUT2D eigenvalue weighted by atomic mass is 19.1. The first-order valence-corrected chi connectivity index (χ1v) is 17.0. The molecule has 0 bridgehead atoms. The molecule has 0 spiro atoms. The number of hydrogen-bond donors (Lipinski definition) is 1. The molecule has 9 nitrogen and oxygen atoms in total. The third kappa shape index (κ3) is 7.70. The van der Waals surface area contributed by atoms with E-state index in [9.17, 15) is 18.0 Å². The maximum Gasteiger partial charge on any atom is 0.255 e. The predicted octanol–water partition coefficient (Wildman–Crippen LogP) is 7.10. The molecule has 2 aliphatic heterocycles. The van der Waals surface area contributed by atoms with Crippen LogP contribution in [-0.4, -0.2) is 60.1 Å². The second-order valence-electron chi connectivity index (χ2n) is 13.2. The first-order chi connectivity index (χ1) is 24.7. The summed E-state index contributed by atoms with van der Waals surface area (Å²) in [6.07, 6.45) is 2.91. The highest BCUT2D eigenvalue weighted by Gasteiger charge is 2.30. The number of halogens is 3. The molecule has 5 aromatic rings. The van der Waals surface area contributed by atoms with Gasteiger partial charge in [0.1, 0.15) is 35.9 Å². The molecule has 3 heterocycles. The molecule has 0 aliphatic carbocycles. The minimum absolute atomic E-state index is 0.0378. The van der Waals surface area contributed by atoms with Gasteiger partial charge in [-0.3, -0.25) is 4.79 Å². The Hall–Kier alpha value is -5.36. The summed E-state index contributed by atoms with van der Waals surface area (Å²) in [6, 6.07) is 20.0. The summed E-state index contributed by atoms with van der Waals surface area (Å²) in [7, 11) is 0. The number of anilines is 3. The Morgan fingerprint density at radius 2 is 1.67 bits per heavy atom. The summed E-state index contributed by atoms with van der Waals surface area (Å²) in [5.41, 5.74) is 5.58. The van der Waals surface area contributed by atoms with Crippen LogP contribution in [0.3, 0.4) is 0 Å². The van der Waals surface area contributed by atoms with Crippen molar-refractivity contribution in [1.29, 1.82) is 0 Å². The number of hydrogen-bond acceptors (Lipinski definition) is 7. The Bertz CT molecular complexity index is 2000. The maximum absolute atomic E-state index is 14.9. The average Bonchev–Trinajstić information content (AvgIpc) is 3.83. The molecule has 4 aromatic carbocycles. The minimum Gasteiger partial charge on any atom is -0.493 e. The number of aryl methyl sites for hydroxylation is 2. The second kappa shape index (κ2) is 14.9. The normalized spacial score (nSPS) is 17.5. The number of carbonyl (C=O) groups excluding carboxylic acids is 1. The molecule has 264 valence electrons. The lowest BCUT2D eigenvalue weighted by molar-refractivity contribution is 0.100. The first kappa shape index (κ1) is 34.1. The zero-order valence-corrected chi connectivity index (χ0v) is 28.5. The summed E-state index contributed by atoms with van der Waals surface area (Å²) >= 11 is 0. The number of aromatic nitrogens is 3. The number of benzene rings is 4. The summed E-state index contributed by atoms with van der Waals surface area (Å²) in [4.78, 5) is 21.2. The first-order valence-electron chi connectivity index (χ1n) is 17.0. The number of nitrogens with one attached hydrogen (secondary N) is 1. The number of amides is 1. The number of ether oxygens (including phenoxy) is 2. The van der Waals surface area contributed by atoms with Gasteiger partial charge in [0.05, 0.1) is 37.2 Å². The Morgan fingerprint density at radius 1 is 0.902 bits per heavy atom. The Labute approximate surface area is 294 Å². The molecule has 1 N–H and O–H groups in total. The largest absolute Gasteiger partial charge is 0.493 e. The molecule has 1 aromatic heterocycles. The van der Waals surface area contributed by atoms with Crippen LogP contribution in [0.15, 0.2) is 85.5 Å². The van der Waals surface area contributed by atoms with Crippen molar-refractivity contribution in [2.24, 2.45) is 5.92 Å². The Balaban J connectivity index is 0.956. The lowest BCUT2D eigenvalue weighted by Crippen LogP contribution is -2.47. The van der Waals surface area contributed by atoms with E-state index in [4.69, 9.17) is 9.47 Å². The fourth-order valence-corrected chi connectivity index (χ4v) is 6.82. The van der Waals surface area contributed by atoms with Gasteiger partial charge < -0.3 is 24.6 Å². The molecule has 12 heteroatoms. The molecule has 0 unspecified atom stereocenters. The molecule has 2 saturated heterocycles. The van der Waals surface area contributed by atoms with E-state index in [2.05, 4.69) is 38.2 Å². The summed E-state index contributed by atoms with van der Waals surface area (Å²) < 4.78 is 57.5. The van der Waals surface area contributed by atoms with Crippen molar-refractivity contribution < 1.29 is 27.4 Å². The van der Waals surface area contributed by atoms with Crippen LogP contribution in [0.25, 0.3) is 0 Å². The highest BCUT2D eigenvalue weighted by Crippen LogP contribution is 2.37. The second-order valence-corrected chi connectivity index (χ2v) is 13.2. The van der Waals surface area contributed by atoms with Crippen molar-refractivity contribution in [2.45, 2.75) is 32.9 Å². The van der Waals surface area contributed by atoms with E-state index in [1.807, 2.05) is 19.1 Å². The summed E-state index contributed by atoms with van der Waals surface area (Å²) in [5.74, 6) is -1.05. The fraction of sp³-hybridized carbons (Fsp3) is 0.308. The fourth-order valence-electron chi connectivity index (χ4n) is 6.82. The SMILES string of the molecule is Cc1cc(N2CCN(c3cc(F)ccc3NC(=O)c3ccccc3)CC2)c(C)cc1OC[C@H]1CO[C@@H](c2cc(Cn3cncn3)c(F)cc2F)C1. The van der Waals surface area contributed by atoms with Gasteiger partial charge in [-0.1, -0.05) is 18.2 Å². The van der Waals surface area contributed by atoms with Crippen molar-refractivity contribution in [3.63, 3.8) is 0 Å². The summed E-state index contributed by atoms with van der Waals surface area (Å²) in [5, 5.41) is 6.97. The molecule has 7 rings (SSSR count). The summed E-state index contributed by atoms with van der Waals surface area (Å²) in [6.45, 7) is 7.74. The molecule has 1 amide bonds. The average molecular weight is 697 g/mol. The minimum atomic E-state index is -0.633. The van der Waals surface area contributed by atoms with E-state index < -0.39 is 17.7 Å².